The minimum atomic E-state index is -0.146. The Morgan fingerprint density at radius 3 is 2.88 bits per heavy atom. The molecule has 1 saturated carbocycles. The Labute approximate surface area is 199 Å². The van der Waals surface area contributed by atoms with Crippen LogP contribution in [0.1, 0.15) is 65.1 Å². The first kappa shape index (κ1) is 20.8. The summed E-state index contributed by atoms with van der Waals surface area (Å²) in [4.78, 5) is 31.8. The van der Waals surface area contributed by atoms with Gasteiger partial charge in [-0.25, -0.2) is 4.98 Å². The molecule has 2 aliphatic rings. The Kier molecular flexibility index (Phi) is 5.18. The summed E-state index contributed by atoms with van der Waals surface area (Å²) in [5, 5.41) is 13.8. The van der Waals surface area contributed by atoms with Crippen LogP contribution in [-0.4, -0.2) is 37.0 Å². The quantitative estimate of drug-likeness (QED) is 0.310. The van der Waals surface area contributed by atoms with Crippen LogP contribution in [0, 0.1) is 0 Å². The summed E-state index contributed by atoms with van der Waals surface area (Å²) in [6, 6.07) is 6.99. The lowest BCUT2D eigenvalue weighted by Gasteiger charge is -2.11. The number of amides is 1. The van der Waals surface area contributed by atoms with Crippen molar-refractivity contribution in [3.05, 3.63) is 46.1 Å². The number of hydrogen-bond donors (Lipinski definition) is 1. The standard InChI is InChI=1S/C24H23N5O2S2/c1-13(30)15-5-4-6-16(11-15)25-19(31)12-32-24-28-27-22-20-17-7-2-3-8-18(17)33-23(20)26-21(29(22)24)14-9-10-14/h4-6,11,14H,2-3,7-10,12H2,1H3,(H,25,31). The van der Waals surface area contributed by atoms with Gasteiger partial charge in [0.05, 0.1) is 11.1 Å². The summed E-state index contributed by atoms with van der Waals surface area (Å²) in [7, 11) is 0. The van der Waals surface area contributed by atoms with Gasteiger partial charge >= 0.3 is 0 Å². The van der Waals surface area contributed by atoms with Gasteiger partial charge in [-0.15, -0.1) is 21.5 Å². The Bertz CT molecular complexity index is 1420. The molecule has 6 rings (SSSR count). The molecule has 9 heteroatoms. The highest BCUT2D eigenvalue weighted by Crippen LogP contribution is 2.44. The molecule has 0 atom stereocenters. The van der Waals surface area contributed by atoms with E-state index < -0.39 is 0 Å². The Morgan fingerprint density at radius 2 is 2.06 bits per heavy atom. The molecule has 33 heavy (non-hydrogen) atoms. The van der Waals surface area contributed by atoms with Gasteiger partial charge in [-0.1, -0.05) is 23.9 Å². The van der Waals surface area contributed by atoms with Crippen LogP contribution in [0.4, 0.5) is 5.69 Å². The van der Waals surface area contributed by atoms with Gasteiger partial charge in [-0.05, 0) is 63.1 Å². The largest absolute Gasteiger partial charge is 0.325 e. The normalized spacial score (nSPS) is 15.7. The fraction of sp³-hybridized carbons (Fsp3) is 0.375. The summed E-state index contributed by atoms with van der Waals surface area (Å²) in [5.74, 6) is 1.49. The van der Waals surface area contributed by atoms with E-state index in [2.05, 4.69) is 19.9 Å². The smallest absolute Gasteiger partial charge is 0.234 e. The highest BCUT2D eigenvalue weighted by atomic mass is 32.2. The van der Waals surface area contributed by atoms with Gasteiger partial charge in [0, 0.05) is 22.0 Å². The van der Waals surface area contributed by atoms with Gasteiger partial charge in [-0.2, -0.15) is 0 Å². The molecule has 3 aromatic heterocycles. The summed E-state index contributed by atoms with van der Waals surface area (Å²) in [6.07, 6.45) is 6.91. The second-order valence-electron chi connectivity index (χ2n) is 8.75. The third-order valence-electron chi connectivity index (χ3n) is 6.28. The predicted octanol–water partition coefficient (Wildman–Crippen LogP) is 5.03. The van der Waals surface area contributed by atoms with E-state index in [1.54, 1.807) is 24.3 Å². The molecule has 4 aromatic rings. The van der Waals surface area contributed by atoms with Gasteiger partial charge < -0.3 is 5.32 Å². The number of thioether (sulfide) groups is 1. The third-order valence-corrected chi connectivity index (χ3v) is 8.40. The van der Waals surface area contributed by atoms with Crippen LogP contribution in [0.5, 0.6) is 0 Å². The molecule has 0 aliphatic heterocycles. The van der Waals surface area contributed by atoms with Crippen molar-refractivity contribution in [2.24, 2.45) is 0 Å². The zero-order valence-electron chi connectivity index (χ0n) is 18.3. The van der Waals surface area contributed by atoms with E-state index in [1.165, 1.54) is 42.0 Å². The van der Waals surface area contributed by atoms with Crippen LogP contribution in [0.15, 0.2) is 29.4 Å². The van der Waals surface area contributed by atoms with Gasteiger partial charge in [-0.3, -0.25) is 14.0 Å². The zero-order chi connectivity index (χ0) is 22.5. The van der Waals surface area contributed by atoms with Crippen molar-refractivity contribution in [3.63, 3.8) is 0 Å². The van der Waals surface area contributed by atoms with E-state index in [9.17, 15) is 9.59 Å². The number of nitrogens with zero attached hydrogens (tertiary/aromatic N) is 4. The SMILES string of the molecule is CC(=O)c1cccc(NC(=O)CSc2nnc3c4c5c(sc4nc(C4CC4)n23)CCCC5)c1. The second kappa shape index (κ2) is 8.22. The molecule has 1 amide bonds. The van der Waals surface area contributed by atoms with Gasteiger partial charge in [0.15, 0.2) is 16.6 Å². The van der Waals surface area contributed by atoms with Gasteiger partial charge in [0.2, 0.25) is 5.91 Å². The lowest BCUT2D eigenvalue weighted by atomic mass is 9.97. The molecule has 1 fully saturated rings. The number of carbonyl (C=O) groups excluding carboxylic acids is 2. The van der Waals surface area contributed by atoms with E-state index >= 15 is 0 Å². The summed E-state index contributed by atoms with van der Waals surface area (Å²) < 4.78 is 2.09. The molecule has 0 saturated heterocycles. The number of aromatic nitrogens is 4. The zero-order valence-corrected chi connectivity index (χ0v) is 19.9. The maximum absolute atomic E-state index is 12.6. The predicted molar refractivity (Wildman–Crippen MR) is 131 cm³/mol. The maximum Gasteiger partial charge on any atom is 0.234 e. The number of benzene rings is 1. The molecule has 7 nitrogen and oxygen atoms in total. The van der Waals surface area contributed by atoms with E-state index in [-0.39, 0.29) is 17.4 Å². The van der Waals surface area contributed by atoms with E-state index in [4.69, 9.17) is 4.98 Å². The molecule has 1 aromatic carbocycles. The van der Waals surface area contributed by atoms with Crippen molar-refractivity contribution in [3.8, 4) is 0 Å². The van der Waals surface area contributed by atoms with E-state index in [0.717, 1.165) is 47.4 Å². The fourth-order valence-electron chi connectivity index (χ4n) is 4.51. The number of nitrogens with one attached hydrogen (secondary N) is 1. The molecule has 0 bridgehead atoms. The summed E-state index contributed by atoms with van der Waals surface area (Å²) in [6.45, 7) is 1.51. The van der Waals surface area contributed by atoms with Crippen LogP contribution in [-0.2, 0) is 17.6 Å². The first-order valence-corrected chi connectivity index (χ1v) is 13.1. The molecule has 2 aliphatic carbocycles. The average Bonchev–Trinajstić information content (AvgIpc) is 3.46. The lowest BCUT2D eigenvalue weighted by Crippen LogP contribution is -2.15. The number of ketones is 1. The monoisotopic (exact) mass is 477 g/mol. The lowest BCUT2D eigenvalue weighted by molar-refractivity contribution is -0.113. The molecule has 168 valence electrons. The first-order chi connectivity index (χ1) is 16.1. The van der Waals surface area contributed by atoms with Gasteiger partial charge in [0.1, 0.15) is 10.7 Å². The highest BCUT2D eigenvalue weighted by molar-refractivity contribution is 7.99. The average molecular weight is 478 g/mol. The summed E-state index contributed by atoms with van der Waals surface area (Å²) >= 11 is 3.19. The Morgan fingerprint density at radius 1 is 1.21 bits per heavy atom. The van der Waals surface area contributed by atoms with Crippen LogP contribution < -0.4 is 5.32 Å². The highest BCUT2D eigenvalue weighted by Gasteiger charge is 2.32. The molecule has 0 unspecified atom stereocenters. The van der Waals surface area contributed by atoms with Crippen molar-refractivity contribution in [2.45, 2.75) is 56.5 Å². The summed E-state index contributed by atoms with van der Waals surface area (Å²) in [5.41, 5.74) is 3.48. The third kappa shape index (κ3) is 3.83. The maximum atomic E-state index is 12.6. The molecule has 1 N–H and O–H groups in total. The van der Waals surface area contributed by atoms with Gasteiger partial charge in [0.25, 0.3) is 0 Å². The van der Waals surface area contributed by atoms with Crippen LogP contribution in [0.25, 0.3) is 15.9 Å². The van der Waals surface area contributed by atoms with Crippen molar-refractivity contribution < 1.29 is 9.59 Å². The topological polar surface area (TPSA) is 89.2 Å². The molecular formula is C24H23N5O2S2. The number of thiophene rings is 1. The molecule has 0 radical (unpaired) electrons. The number of Topliss-reactive ketones (excluding diaryl/α,β-unsaturated/α-hetero) is 1. The number of aryl methyl sites for hydroxylation is 2. The molecule has 0 spiro atoms. The number of anilines is 1. The number of rotatable bonds is 6. The Balaban J connectivity index is 1.30. The van der Waals surface area contributed by atoms with Crippen LogP contribution >= 0.6 is 23.1 Å². The van der Waals surface area contributed by atoms with Crippen molar-refractivity contribution >= 4 is 56.3 Å². The van der Waals surface area contributed by atoms with Crippen molar-refractivity contribution in [2.75, 3.05) is 11.1 Å². The molecule has 3 heterocycles. The van der Waals surface area contributed by atoms with Crippen LogP contribution in [0.3, 0.4) is 0 Å². The minimum absolute atomic E-state index is 0.0301. The van der Waals surface area contributed by atoms with Crippen molar-refractivity contribution in [1.29, 1.82) is 0 Å². The second-order valence-corrected chi connectivity index (χ2v) is 10.8. The number of fused-ring (bicyclic) bond motifs is 5. The first-order valence-electron chi connectivity index (χ1n) is 11.3. The minimum Gasteiger partial charge on any atom is -0.325 e. The van der Waals surface area contributed by atoms with E-state index in [0.29, 0.717) is 22.3 Å². The Hall–Kier alpha value is -2.78. The fourth-order valence-corrected chi connectivity index (χ4v) is 6.51. The van der Waals surface area contributed by atoms with Crippen LogP contribution in [0.2, 0.25) is 0 Å². The number of carbonyl (C=O) groups is 2. The molecular weight excluding hydrogens is 454 g/mol. The van der Waals surface area contributed by atoms with Crippen molar-refractivity contribution in [1.82, 2.24) is 19.6 Å². The number of hydrogen-bond acceptors (Lipinski definition) is 7. The van der Waals surface area contributed by atoms with E-state index in [1.807, 2.05) is 11.3 Å².